The number of aliphatic hydroxyl groups excluding tert-OH is 1. The average molecular weight is 261 g/mol. The standard InChI is InChI=1S/C15H19NO3/c1-3-4-9-16-10(2)13-14(17)11-7-5-6-8-12(11)19-15(13)18/h5-8,13-14,17H,3-4,9H2,1-2H3. The minimum Gasteiger partial charge on any atom is -0.426 e. The first-order valence-electron chi connectivity index (χ1n) is 6.64. The Morgan fingerprint density at radius 2 is 2.16 bits per heavy atom. The van der Waals surface area contributed by atoms with Crippen LogP contribution in [0.1, 0.15) is 38.4 Å². The highest BCUT2D eigenvalue weighted by Crippen LogP contribution is 2.36. The van der Waals surface area contributed by atoms with Crippen molar-refractivity contribution in [1.29, 1.82) is 0 Å². The summed E-state index contributed by atoms with van der Waals surface area (Å²) in [6.07, 6.45) is 1.16. The molecule has 1 aliphatic heterocycles. The van der Waals surface area contributed by atoms with Crippen LogP contribution in [0.3, 0.4) is 0 Å². The maximum atomic E-state index is 12.0. The largest absolute Gasteiger partial charge is 0.426 e. The SMILES string of the molecule is CCCCN=C(C)C1C(=O)Oc2ccccc2C1O. The van der Waals surface area contributed by atoms with E-state index in [9.17, 15) is 9.90 Å². The van der Waals surface area contributed by atoms with E-state index >= 15 is 0 Å². The first-order chi connectivity index (χ1) is 9.15. The number of benzene rings is 1. The topological polar surface area (TPSA) is 58.9 Å². The summed E-state index contributed by atoms with van der Waals surface area (Å²) in [5, 5.41) is 10.3. The molecule has 102 valence electrons. The lowest BCUT2D eigenvalue weighted by atomic mass is 9.89. The molecule has 0 amide bonds. The number of carbonyl (C=O) groups excluding carboxylic acids is 1. The zero-order valence-electron chi connectivity index (χ0n) is 11.3. The summed E-state index contributed by atoms with van der Waals surface area (Å²) in [7, 11) is 0. The molecule has 1 heterocycles. The fraction of sp³-hybridized carbons (Fsp3) is 0.467. The first kappa shape index (κ1) is 13.7. The van der Waals surface area contributed by atoms with Crippen LogP contribution in [0.4, 0.5) is 0 Å². The van der Waals surface area contributed by atoms with Gasteiger partial charge in [-0.3, -0.25) is 9.79 Å². The van der Waals surface area contributed by atoms with E-state index in [4.69, 9.17) is 4.74 Å². The van der Waals surface area contributed by atoms with Crippen LogP contribution in [-0.2, 0) is 4.79 Å². The van der Waals surface area contributed by atoms with Crippen LogP contribution in [0.5, 0.6) is 5.75 Å². The van der Waals surface area contributed by atoms with E-state index in [1.807, 2.05) is 6.07 Å². The number of nitrogens with zero attached hydrogens (tertiary/aromatic N) is 1. The number of fused-ring (bicyclic) bond motifs is 1. The molecule has 0 saturated carbocycles. The number of hydrogen-bond acceptors (Lipinski definition) is 4. The molecule has 4 heteroatoms. The van der Waals surface area contributed by atoms with Gasteiger partial charge in [-0.15, -0.1) is 0 Å². The molecule has 19 heavy (non-hydrogen) atoms. The van der Waals surface area contributed by atoms with Crippen LogP contribution in [0.15, 0.2) is 29.3 Å². The Bertz CT molecular complexity index is 496. The molecule has 0 fully saturated rings. The molecule has 1 aromatic carbocycles. The summed E-state index contributed by atoms with van der Waals surface area (Å²) in [6, 6.07) is 7.07. The lowest BCUT2D eigenvalue weighted by molar-refractivity contribution is -0.141. The van der Waals surface area contributed by atoms with Gasteiger partial charge in [0.1, 0.15) is 17.8 Å². The van der Waals surface area contributed by atoms with Crippen molar-refractivity contribution in [3.8, 4) is 5.75 Å². The number of ether oxygens (including phenoxy) is 1. The van der Waals surface area contributed by atoms with Crippen molar-refractivity contribution < 1.29 is 14.6 Å². The summed E-state index contributed by atoms with van der Waals surface area (Å²) in [5.41, 5.74) is 1.29. The van der Waals surface area contributed by atoms with Gasteiger partial charge in [0.05, 0.1) is 0 Å². The molecule has 1 N–H and O–H groups in total. The van der Waals surface area contributed by atoms with Gasteiger partial charge >= 0.3 is 5.97 Å². The Kier molecular flexibility index (Phi) is 4.32. The molecule has 0 radical (unpaired) electrons. The van der Waals surface area contributed by atoms with E-state index in [-0.39, 0.29) is 0 Å². The van der Waals surface area contributed by atoms with Gasteiger partial charge < -0.3 is 9.84 Å². The number of esters is 1. The van der Waals surface area contributed by atoms with Crippen LogP contribution in [0.2, 0.25) is 0 Å². The first-order valence-corrected chi connectivity index (χ1v) is 6.64. The van der Waals surface area contributed by atoms with Crippen LogP contribution in [0.25, 0.3) is 0 Å². The normalized spacial score (nSPS) is 22.9. The quantitative estimate of drug-likeness (QED) is 0.392. The second kappa shape index (κ2) is 5.97. The van der Waals surface area contributed by atoms with Gasteiger partial charge in [0.15, 0.2) is 0 Å². The summed E-state index contributed by atoms with van der Waals surface area (Å²) in [4.78, 5) is 16.3. The predicted molar refractivity (Wildman–Crippen MR) is 73.4 cm³/mol. The maximum absolute atomic E-state index is 12.0. The van der Waals surface area contributed by atoms with Gasteiger partial charge in [-0.25, -0.2) is 0 Å². The number of carbonyl (C=O) groups is 1. The minimum atomic E-state index is -0.872. The number of para-hydroxylation sites is 1. The van der Waals surface area contributed by atoms with Crippen LogP contribution < -0.4 is 4.74 Å². The maximum Gasteiger partial charge on any atom is 0.323 e. The van der Waals surface area contributed by atoms with E-state index in [1.165, 1.54) is 0 Å². The Morgan fingerprint density at radius 3 is 2.89 bits per heavy atom. The third-order valence-electron chi connectivity index (χ3n) is 3.34. The summed E-state index contributed by atoms with van der Waals surface area (Å²) >= 11 is 0. The zero-order chi connectivity index (χ0) is 13.8. The highest BCUT2D eigenvalue weighted by molar-refractivity contribution is 6.03. The number of unbranched alkanes of at least 4 members (excludes halogenated alkanes) is 1. The highest BCUT2D eigenvalue weighted by atomic mass is 16.5. The van der Waals surface area contributed by atoms with E-state index < -0.39 is 18.0 Å². The van der Waals surface area contributed by atoms with E-state index in [1.54, 1.807) is 25.1 Å². The van der Waals surface area contributed by atoms with Crippen molar-refractivity contribution in [3.05, 3.63) is 29.8 Å². The Labute approximate surface area is 113 Å². The Hall–Kier alpha value is -1.68. The van der Waals surface area contributed by atoms with Crippen LogP contribution in [0, 0.1) is 5.92 Å². The third-order valence-corrected chi connectivity index (χ3v) is 3.34. The molecule has 2 unspecified atom stereocenters. The van der Waals surface area contributed by atoms with E-state index in [0.29, 0.717) is 23.6 Å². The molecule has 0 saturated heterocycles. The van der Waals surface area contributed by atoms with Gasteiger partial charge in [-0.2, -0.15) is 0 Å². The Morgan fingerprint density at radius 1 is 1.42 bits per heavy atom. The van der Waals surface area contributed by atoms with Gasteiger partial charge in [-0.05, 0) is 19.4 Å². The van der Waals surface area contributed by atoms with Crippen molar-refractivity contribution in [3.63, 3.8) is 0 Å². The summed E-state index contributed by atoms with van der Waals surface area (Å²) in [6.45, 7) is 4.55. The van der Waals surface area contributed by atoms with Crippen molar-refractivity contribution in [1.82, 2.24) is 0 Å². The predicted octanol–water partition coefficient (Wildman–Crippen LogP) is 2.52. The number of hydrogen-bond donors (Lipinski definition) is 1. The van der Waals surface area contributed by atoms with E-state index in [2.05, 4.69) is 11.9 Å². The minimum absolute atomic E-state index is 0.427. The molecular weight excluding hydrogens is 242 g/mol. The van der Waals surface area contributed by atoms with Gasteiger partial charge in [0.25, 0.3) is 0 Å². The molecule has 1 aliphatic rings. The van der Waals surface area contributed by atoms with Crippen molar-refractivity contribution >= 4 is 11.7 Å². The molecule has 0 spiro atoms. The highest BCUT2D eigenvalue weighted by Gasteiger charge is 2.38. The molecule has 2 rings (SSSR count). The summed E-state index contributed by atoms with van der Waals surface area (Å²) < 4.78 is 5.26. The molecular formula is C15H19NO3. The monoisotopic (exact) mass is 261 g/mol. The van der Waals surface area contributed by atoms with Crippen molar-refractivity contribution in [2.75, 3.05) is 6.54 Å². The molecule has 2 atom stereocenters. The smallest absolute Gasteiger partial charge is 0.323 e. The molecule has 0 aliphatic carbocycles. The van der Waals surface area contributed by atoms with E-state index in [0.717, 1.165) is 12.8 Å². The Balaban J connectivity index is 2.23. The van der Waals surface area contributed by atoms with Crippen LogP contribution in [-0.4, -0.2) is 23.3 Å². The molecule has 0 bridgehead atoms. The molecule has 1 aromatic rings. The molecule has 0 aromatic heterocycles. The van der Waals surface area contributed by atoms with Gasteiger partial charge in [0.2, 0.25) is 0 Å². The second-order valence-corrected chi connectivity index (χ2v) is 4.76. The van der Waals surface area contributed by atoms with Crippen molar-refractivity contribution in [2.45, 2.75) is 32.8 Å². The fourth-order valence-corrected chi connectivity index (χ4v) is 2.21. The number of rotatable bonds is 4. The zero-order valence-corrected chi connectivity index (χ0v) is 11.3. The van der Waals surface area contributed by atoms with Crippen LogP contribution >= 0.6 is 0 Å². The fourth-order valence-electron chi connectivity index (χ4n) is 2.21. The third kappa shape index (κ3) is 2.84. The average Bonchev–Trinajstić information content (AvgIpc) is 2.39. The van der Waals surface area contributed by atoms with Gasteiger partial charge in [-0.1, -0.05) is 31.5 Å². The number of aliphatic imine (C=N–C) groups is 1. The lowest BCUT2D eigenvalue weighted by Gasteiger charge is -2.28. The molecule has 4 nitrogen and oxygen atoms in total. The number of aliphatic hydroxyl groups is 1. The van der Waals surface area contributed by atoms with Crippen molar-refractivity contribution in [2.24, 2.45) is 10.9 Å². The second-order valence-electron chi connectivity index (χ2n) is 4.76. The lowest BCUT2D eigenvalue weighted by Crippen LogP contribution is -2.36. The summed E-state index contributed by atoms with van der Waals surface area (Å²) in [5.74, 6) is -0.673. The van der Waals surface area contributed by atoms with Gasteiger partial charge in [0, 0.05) is 17.8 Å².